The molecule has 120 valence electrons. The van der Waals surface area contributed by atoms with Gasteiger partial charge in [0.05, 0.1) is 0 Å². The van der Waals surface area contributed by atoms with Crippen LogP contribution in [-0.4, -0.2) is 34.6 Å². The minimum absolute atomic E-state index is 0.334. The van der Waals surface area contributed by atoms with Gasteiger partial charge < -0.3 is 5.11 Å². The highest BCUT2D eigenvalue weighted by Gasteiger charge is 2.36. The van der Waals surface area contributed by atoms with Gasteiger partial charge in [-0.2, -0.15) is 0 Å². The van der Waals surface area contributed by atoms with E-state index >= 15 is 0 Å². The topological polar surface area (TPSA) is 40.5 Å². The first-order valence-electron chi connectivity index (χ1n) is 8.68. The summed E-state index contributed by atoms with van der Waals surface area (Å²) in [7, 11) is 0. The SMILES string of the molecule is CC(C(=O)O)N(CC1CCC(c2ccccc2)CC1)C1CC1. The Bertz CT molecular complexity index is 489. The van der Waals surface area contributed by atoms with Crippen LogP contribution in [0.1, 0.15) is 56.9 Å². The van der Waals surface area contributed by atoms with Gasteiger partial charge in [0.25, 0.3) is 0 Å². The van der Waals surface area contributed by atoms with E-state index in [1.807, 2.05) is 6.92 Å². The molecule has 0 radical (unpaired) electrons. The Hall–Kier alpha value is -1.35. The fourth-order valence-corrected chi connectivity index (χ4v) is 3.87. The monoisotopic (exact) mass is 301 g/mol. The lowest BCUT2D eigenvalue weighted by molar-refractivity contribution is -0.143. The molecule has 0 aromatic heterocycles. The zero-order valence-corrected chi connectivity index (χ0v) is 13.4. The second-order valence-electron chi connectivity index (χ2n) is 7.07. The van der Waals surface area contributed by atoms with Crippen LogP contribution in [0.2, 0.25) is 0 Å². The molecule has 2 fully saturated rings. The van der Waals surface area contributed by atoms with Crippen molar-refractivity contribution in [3.63, 3.8) is 0 Å². The summed E-state index contributed by atoms with van der Waals surface area (Å²) in [4.78, 5) is 13.6. The second kappa shape index (κ2) is 6.82. The summed E-state index contributed by atoms with van der Waals surface area (Å²) in [5.41, 5.74) is 1.47. The first-order valence-corrected chi connectivity index (χ1v) is 8.68. The molecule has 0 bridgehead atoms. The van der Waals surface area contributed by atoms with Crippen LogP contribution in [0.4, 0.5) is 0 Å². The number of carboxylic acids is 1. The summed E-state index contributed by atoms with van der Waals surface area (Å²) in [6.45, 7) is 2.82. The maximum Gasteiger partial charge on any atom is 0.320 e. The normalized spacial score (nSPS) is 26.8. The Morgan fingerprint density at radius 3 is 2.32 bits per heavy atom. The van der Waals surface area contributed by atoms with E-state index in [2.05, 4.69) is 35.2 Å². The largest absolute Gasteiger partial charge is 0.480 e. The summed E-state index contributed by atoms with van der Waals surface area (Å²) in [6, 6.07) is 11.0. The lowest BCUT2D eigenvalue weighted by Crippen LogP contribution is -2.43. The van der Waals surface area contributed by atoms with Crippen LogP contribution >= 0.6 is 0 Å². The van der Waals surface area contributed by atoms with Gasteiger partial charge in [-0.1, -0.05) is 30.3 Å². The molecule has 0 heterocycles. The van der Waals surface area contributed by atoms with Crippen LogP contribution < -0.4 is 0 Å². The molecule has 0 aliphatic heterocycles. The average molecular weight is 301 g/mol. The molecule has 3 rings (SSSR count). The molecule has 2 aliphatic carbocycles. The number of benzene rings is 1. The molecule has 1 N–H and O–H groups in total. The lowest BCUT2D eigenvalue weighted by Gasteiger charge is -2.34. The molecule has 0 amide bonds. The number of hydrogen-bond donors (Lipinski definition) is 1. The number of rotatable bonds is 6. The summed E-state index contributed by atoms with van der Waals surface area (Å²) in [5, 5.41) is 9.31. The third-order valence-corrected chi connectivity index (χ3v) is 5.46. The van der Waals surface area contributed by atoms with E-state index in [9.17, 15) is 9.90 Å². The quantitative estimate of drug-likeness (QED) is 0.866. The van der Waals surface area contributed by atoms with E-state index in [1.165, 1.54) is 44.1 Å². The van der Waals surface area contributed by atoms with Crippen LogP contribution in [0.5, 0.6) is 0 Å². The standard InChI is InChI=1S/C19H27NO2/c1-14(19(21)22)20(18-11-12-18)13-15-7-9-17(10-8-15)16-5-3-2-4-6-16/h2-6,14-15,17-18H,7-13H2,1H3,(H,21,22). The highest BCUT2D eigenvalue weighted by Crippen LogP contribution is 2.38. The van der Waals surface area contributed by atoms with Crippen molar-refractivity contribution >= 4 is 5.97 Å². The summed E-state index contributed by atoms with van der Waals surface area (Å²) < 4.78 is 0. The van der Waals surface area contributed by atoms with Gasteiger partial charge in [0.1, 0.15) is 6.04 Å². The first-order chi connectivity index (χ1) is 10.6. The summed E-state index contributed by atoms with van der Waals surface area (Å²) in [6.07, 6.45) is 7.31. The van der Waals surface area contributed by atoms with E-state index in [1.54, 1.807) is 0 Å². The molecular weight excluding hydrogens is 274 g/mol. The third-order valence-electron chi connectivity index (χ3n) is 5.46. The molecule has 0 spiro atoms. The van der Waals surface area contributed by atoms with Crippen LogP contribution in [0.3, 0.4) is 0 Å². The van der Waals surface area contributed by atoms with Crippen LogP contribution in [0.25, 0.3) is 0 Å². The molecule has 1 aromatic rings. The molecule has 3 nitrogen and oxygen atoms in total. The van der Waals surface area contributed by atoms with Gasteiger partial charge in [0.15, 0.2) is 0 Å². The number of hydrogen-bond acceptors (Lipinski definition) is 2. The van der Waals surface area contributed by atoms with Gasteiger partial charge in [-0.3, -0.25) is 9.69 Å². The van der Waals surface area contributed by atoms with Gasteiger partial charge in [-0.15, -0.1) is 0 Å². The maximum atomic E-state index is 11.3. The highest BCUT2D eigenvalue weighted by molar-refractivity contribution is 5.73. The summed E-state index contributed by atoms with van der Waals surface area (Å²) in [5.74, 6) is 0.691. The zero-order valence-electron chi connectivity index (χ0n) is 13.4. The van der Waals surface area contributed by atoms with Crippen molar-refractivity contribution in [3.05, 3.63) is 35.9 Å². The average Bonchev–Trinajstić information content (AvgIpc) is 3.38. The highest BCUT2D eigenvalue weighted by atomic mass is 16.4. The number of nitrogens with zero attached hydrogens (tertiary/aromatic N) is 1. The molecule has 1 unspecified atom stereocenters. The van der Waals surface area contributed by atoms with E-state index in [4.69, 9.17) is 0 Å². The Balaban J connectivity index is 1.53. The Morgan fingerprint density at radius 1 is 1.14 bits per heavy atom. The van der Waals surface area contributed by atoms with E-state index in [-0.39, 0.29) is 6.04 Å². The Labute approximate surface area is 133 Å². The zero-order chi connectivity index (χ0) is 15.5. The molecule has 2 aliphatic rings. The van der Waals surface area contributed by atoms with Gasteiger partial charge in [0.2, 0.25) is 0 Å². The van der Waals surface area contributed by atoms with Gasteiger partial charge in [-0.05, 0) is 62.8 Å². The maximum absolute atomic E-state index is 11.3. The summed E-state index contributed by atoms with van der Waals surface area (Å²) >= 11 is 0. The van der Waals surface area contributed by atoms with Crippen LogP contribution in [-0.2, 0) is 4.79 Å². The van der Waals surface area contributed by atoms with Crippen molar-refractivity contribution in [2.45, 2.75) is 63.5 Å². The van der Waals surface area contributed by atoms with Crippen molar-refractivity contribution in [2.24, 2.45) is 5.92 Å². The Morgan fingerprint density at radius 2 is 1.77 bits per heavy atom. The molecule has 1 aromatic carbocycles. The smallest absolute Gasteiger partial charge is 0.320 e. The number of aliphatic carboxylic acids is 1. The molecule has 3 heteroatoms. The second-order valence-corrected chi connectivity index (χ2v) is 7.07. The molecule has 0 saturated heterocycles. The van der Waals surface area contributed by atoms with Crippen molar-refractivity contribution < 1.29 is 9.90 Å². The van der Waals surface area contributed by atoms with Crippen molar-refractivity contribution in [2.75, 3.05) is 6.54 Å². The van der Waals surface area contributed by atoms with Crippen molar-refractivity contribution in [1.82, 2.24) is 4.90 Å². The van der Waals surface area contributed by atoms with Gasteiger partial charge >= 0.3 is 5.97 Å². The number of carbonyl (C=O) groups is 1. The van der Waals surface area contributed by atoms with Gasteiger partial charge in [-0.25, -0.2) is 0 Å². The third kappa shape index (κ3) is 3.70. The van der Waals surface area contributed by atoms with E-state index in [0.717, 1.165) is 6.54 Å². The molecule has 2 saturated carbocycles. The minimum atomic E-state index is -0.676. The fraction of sp³-hybridized carbons (Fsp3) is 0.632. The predicted molar refractivity (Wildman–Crippen MR) is 88.0 cm³/mol. The number of carboxylic acid groups (broad SMARTS) is 1. The molecule has 1 atom stereocenters. The Kier molecular flexibility index (Phi) is 4.82. The molecular formula is C19H27NO2. The minimum Gasteiger partial charge on any atom is -0.480 e. The van der Waals surface area contributed by atoms with E-state index in [0.29, 0.717) is 17.9 Å². The lowest BCUT2D eigenvalue weighted by atomic mass is 9.78. The van der Waals surface area contributed by atoms with Crippen molar-refractivity contribution in [1.29, 1.82) is 0 Å². The van der Waals surface area contributed by atoms with Crippen LogP contribution in [0.15, 0.2) is 30.3 Å². The fourth-order valence-electron chi connectivity index (χ4n) is 3.87. The van der Waals surface area contributed by atoms with Crippen molar-refractivity contribution in [3.8, 4) is 0 Å². The molecule has 22 heavy (non-hydrogen) atoms. The van der Waals surface area contributed by atoms with E-state index < -0.39 is 5.97 Å². The predicted octanol–water partition coefficient (Wildman–Crippen LogP) is 3.90. The van der Waals surface area contributed by atoms with Crippen LogP contribution in [0, 0.1) is 5.92 Å². The van der Waals surface area contributed by atoms with Gasteiger partial charge in [0, 0.05) is 12.6 Å². The first kappa shape index (κ1) is 15.5.